The summed E-state index contributed by atoms with van der Waals surface area (Å²) in [7, 11) is 0. The molecule has 0 bridgehead atoms. The molecule has 3 N–H and O–H groups in total. The molecular formula is C24H25FN4O3. The molecule has 1 aromatic heterocycles. The Kier molecular flexibility index (Phi) is 5.82. The van der Waals surface area contributed by atoms with Crippen molar-refractivity contribution < 1.29 is 19.4 Å². The third-order valence-corrected chi connectivity index (χ3v) is 5.60. The number of aryl methyl sites for hydroxylation is 1. The van der Waals surface area contributed by atoms with E-state index in [-0.39, 0.29) is 12.4 Å². The van der Waals surface area contributed by atoms with Crippen LogP contribution < -0.4 is 5.32 Å². The van der Waals surface area contributed by atoms with Gasteiger partial charge in [0.25, 0.3) is 0 Å². The van der Waals surface area contributed by atoms with Crippen molar-refractivity contribution in [3.05, 3.63) is 71.9 Å². The maximum absolute atomic E-state index is 13.5. The van der Waals surface area contributed by atoms with Gasteiger partial charge in [-0.2, -0.15) is 0 Å². The SMILES string of the molecule is Cc1ccc(Nc2c(-c3ccc(F)cc3)nc3n2C=CN(C(=O)C(C)(CO)CO)C3)cc1. The lowest BCUT2D eigenvalue weighted by Crippen LogP contribution is -2.45. The van der Waals surface area contributed by atoms with E-state index in [1.165, 1.54) is 24.0 Å². The third-order valence-electron chi connectivity index (χ3n) is 5.60. The van der Waals surface area contributed by atoms with Gasteiger partial charge in [0, 0.05) is 23.7 Å². The summed E-state index contributed by atoms with van der Waals surface area (Å²) in [5.74, 6) is 0.540. The summed E-state index contributed by atoms with van der Waals surface area (Å²) < 4.78 is 15.3. The lowest BCUT2D eigenvalue weighted by atomic mass is 9.91. The summed E-state index contributed by atoms with van der Waals surface area (Å²) in [6, 6.07) is 14.0. The van der Waals surface area contributed by atoms with Crippen LogP contribution in [0, 0.1) is 18.2 Å². The number of hydrogen-bond donors (Lipinski definition) is 3. The van der Waals surface area contributed by atoms with Crippen molar-refractivity contribution in [2.24, 2.45) is 5.41 Å². The number of fused-ring (bicyclic) bond motifs is 1. The molecule has 0 aliphatic carbocycles. The highest BCUT2D eigenvalue weighted by Crippen LogP contribution is 2.34. The van der Waals surface area contributed by atoms with Gasteiger partial charge in [0.05, 0.1) is 25.2 Å². The molecule has 3 aromatic rings. The van der Waals surface area contributed by atoms with E-state index in [0.717, 1.165) is 16.8 Å². The quantitative estimate of drug-likeness (QED) is 0.550. The highest BCUT2D eigenvalue weighted by molar-refractivity contribution is 5.85. The van der Waals surface area contributed by atoms with E-state index in [1.807, 2.05) is 35.8 Å². The maximum Gasteiger partial charge on any atom is 0.237 e. The zero-order chi connectivity index (χ0) is 22.9. The van der Waals surface area contributed by atoms with Gasteiger partial charge in [-0.3, -0.25) is 9.36 Å². The Morgan fingerprint density at radius 2 is 1.75 bits per heavy atom. The van der Waals surface area contributed by atoms with E-state index in [0.29, 0.717) is 17.3 Å². The minimum Gasteiger partial charge on any atom is -0.395 e. The van der Waals surface area contributed by atoms with E-state index in [2.05, 4.69) is 5.32 Å². The Morgan fingerprint density at radius 1 is 1.09 bits per heavy atom. The standard InChI is InChI=1S/C24H25FN4O3/c1-16-3-9-19(10-4-16)26-22-21(17-5-7-18(25)8-6-17)27-20-13-28(11-12-29(20)22)23(32)24(2,14-30)15-31/h3-12,26,30-31H,13-15H2,1-2H3. The van der Waals surface area contributed by atoms with E-state index >= 15 is 0 Å². The number of anilines is 2. The average Bonchev–Trinajstić information content (AvgIpc) is 3.17. The molecule has 0 radical (unpaired) electrons. The van der Waals surface area contributed by atoms with Crippen LogP contribution in [0.2, 0.25) is 0 Å². The molecule has 1 aliphatic heterocycles. The number of halogens is 1. The van der Waals surface area contributed by atoms with E-state index in [9.17, 15) is 19.4 Å². The minimum absolute atomic E-state index is 0.161. The summed E-state index contributed by atoms with van der Waals surface area (Å²) in [6.07, 6.45) is 3.32. The first-order valence-corrected chi connectivity index (χ1v) is 10.3. The lowest BCUT2D eigenvalue weighted by molar-refractivity contribution is -0.144. The largest absolute Gasteiger partial charge is 0.395 e. The summed E-state index contributed by atoms with van der Waals surface area (Å²) in [5.41, 5.74) is 2.05. The summed E-state index contributed by atoms with van der Waals surface area (Å²) in [4.78, 5) is 19.0. The van der Waals surface area contributed by atoms with Crippen LogP contribution in [0.5, 0.6) is 0 Å². The van der Waals surface area contributed by atoms with Crippen LogP contribution in [0.3, 0.4) is 0 Å². The van der Waals surface area contributed by atoms with Gasteiger partial charge >= 0.3 is 0 Å². The van der Waals surface area contributed by atoms with Gasteiger partial charge in [0.1, 0.15) is 23.2 Å². The van der Waals surface area contributed by atoms with Crippen LogP contribution in [0.1, 0.15) is 18.3 Å². The Morgan fingerprint density at radius 3 is 2.38 bits per heavy atom. The molecule has 2 heterocycles. The molecule has 8 heteroatoms. The molecule has 0 spiro atoms. The van der Waals surface area contributed by atoms with Gasteiger partial charge in [0.2, 0.25) is 5.91 Å². The Hall–Kier alpha value is -3.49. The number of aromatic nitrogens is 2. The smallest absolute Gasteiger partial charge is 0.237 e. The molecule has 4 rings (SSSR count). The van der Waals surface area contributed by atoms with Crippen LogP contribution in [0.4, 0.5) is 15.9 Å². The predicted octanol–water partition coefficient (Wildman–Crippen LogP) is 3.50. The van der Waals surface area contributed by atoms with E-state index in [1.54, 1.807) is 24.5 Å². The first-order chi connectivity index (χ1) is 15.3. The van der Waals surface area contributed by atoms with E-state index < -0.39 is 24.5 Å². The average molecular weight is 436 g/mol. The number of benzene rings is 2. The number of aliphatic hydroxyl groups is 2. The highest BCUT2D eigenvalue weighted by Gasteiger charge is 2.37. The topological polar surface area (TPSA) is 90.6 Å². The first-order valence-electron chi connectivity index (χ1n) is 10.3. The molecule has 0 saturated carbocycles. The Labute approximate surface area is 185 Å². The fourth-order valence-electron chi connectivity index (χ4n) is 3.48. The molecule has 32 heavy (non-hydrogen) atoms. The van der Waals surface area contributed by atoms with Crippen molar-refractivity contribution in [3.63, 3.8) is 0 Å². The second-order valence-corrected chi connectivity index (χ2v) is 8.20. The predicted molar refractivity (Wildman–Crippen MR) is 120 cm³/mol. The number of carbonyl (C=O) groups is 1. The molecular weight excluding hydrogens is 411 g/mol. The Balaban J connectivity index is 1.74. The fourth-order valence-corrected chi connectivity index (χ4v) is 3.48. The zero-order valence-electron chi connectivity index (χ0n) is 17.9. The number of nitrogens with one attached hydrogen (secondary N) is 1. The van der Waals surface area contributed by atoms with Crippen molar-refractivity contribution in [1.82, 2.24) is 14.5 Å². The van der Waals surface area contributed by atoms with Crippen molar-refractivity contribution in [1.29, 1.82) is 0 Å². The summed E-state index contributed by atoms with van der Waals surface area (Å²) in [5, 5.41) is 22.6. The van der Waals surface area contributed by atoms with Crippen LogP contribution in [0.15, 0.2) is 54.7 Å². The zero-order valence-corrected chi connectivity index (χ0v) is 17.9. The minimum atomic E-state index is -1.29. The van der Waals surface area contributed by atoms with Gasteiger partial charge in [-0.15, -0.1) is 0 Å². The van der Waals surface area contributed by atoms with Gasteiger partial charge in [-0.25, -0.2) is 9.37 Å². The van der Waals surface area contributed by atoms with E-state index in [4.69, 9.17) is 4.98 Å². The molecule has 1 aliphatic rings. The molecule has 2 aromatic carbocycles. The van der Waals surface area contributed by atoms with Crippen molar-refractivity contribution in [3.8, 4) is 11.3 Å². The highest BCUT2D eigenvalue weighted by atomic mass is 19.1. The summed E-state index contributed by atoms with van der Waals surface area (Å²) in [6.45, 7) is 2.74. The second kappa shape index (κ2) is 8.57. The molecule has 166 valence electrons. The number of rotatable bonds is 6. The lowest BCUT2D eigenvalue weighted by Gasteiger charge is -2.31. The van der Waals surface area contributed by atoms with Crippen molar-refractivity contribution >= 4 is 23.6 Å². The number of amides is 1. The van der Waals surface area contributed by atoms with Gasteiger partial charge in [-0.1, -0.05) is 17.7 Å². The van der Waals surface area contributed by atoms with Crippen molar-refractivity contribution in [2.45, 2.75) is 20.4 Å². The number of carbonyl (C=O) groups excluding carboxylic acids is 1. The monoisotopic (exact) mass is 436 g/mol. The Bertz CT molecular complexity index is 1150. The van der Waals surface area contributed by atoms with Gasteiger partial charge in [0.15, 0.2) is 0 Å². The fraction of sp³-hybridized carbons (Fsp3) is 0.250. The van der Waals surface area contributed by atoms with Gasteiger partial charge < -0.3 is 20.4 Å². The molecule has 1 amide bonds. The molecule has 7 nitrogen and oxygen atoms in total. The second-order valence-electron chi connectivity index (χ2n) is 8.20. The third kappa shape index (κ3) is 4.02. The van der Waals surface area contributed by atoms with Crippen LogP contribution in [-0.2, 0) is 11.3 Å². The van der Waals surface area contributed by atoms with Crippen LogP contribution >= 0.6 is 0 Å². The normalized spacial score (nSPS) is 13.2. The number of nitrogens with zero attached hydrogens (tertiary/aromatic N) is 3. The van der Waals surface area contributed by atoms with Crippen molar-refractivity contribution in [2.75, 3.05) is 18.5 Å². The maximum atomic E-state index is 13.5. The number of hydrogen-bond acceptors (Lipinski definition) is 5. The molecule has 0 unspecified atom stereocenters. The number of imidazole rings is 1. The number of aliphatic hydroxyl groups excluding tert-OH is 2. The van der Waals surface area contributed by atoms with Crippen LogP contribution in [0.25, 0.3) is 17.5 Å². The molecule has 0 saturated heterocycles. The summed E-state index contributed by atoms with van der Waals surface area (Å²) >= 11 is 0. The van der Waals surface area contributed by atoms with Gasteiger partial charge in [-0.05, 0) is 50.2 Å². The molecule has 0 fully saturated rings. The first kappa shape index (κ1) is 21.7. The van der Waals surface area contributed by atoms with Crippen LogP contribution in [-0.4, -0.2) is 43.8 Å². The molecule has 0 atom stereocenters.